The molecule has 0 saturated heterocycles. The Morgan fingerprint density at radius 1 is 1.29 bits per heavy atom. The van der Waals surface area contributed by atoms with Gasteiger partial charge < -0.3 is 19.7 Å². The summed E-state index contributed by atoms with van der Waals surface area (Å²) in [6.07, 6.45) is -5.87. The van der Waals surface area contributed by atoms with Crippen molar-refractivity contribution in [1.82, 2.24) is 10.5 Å². The van der Waals surface area contributed by atoms with Crippen LogP contribution in [0.25, 0.3) is 11.3 Å². The molecule has 0 aliphatic carbocycles. The second-order valence-electron chi connectivity index (χ2n) is 6.76. The van der Waals surface area contributed by atoms with Gasteiger partial charge in [-0.2, -0.15) is 13.2 Å². The van der Waals surface area contributed by atoms with Crippen LogP contribution in [0.1, 0.15) is 28.4 Å². The molecule has 1 amide bonds. The van der Waals surface area contributed by atoms with Gasteiger partial charge in [-0.05, 0) is 43.2 Å². The van der Waals surface area contributed by atoms with Crippen molar-refractivity contribution in [2.45, 2.75) is 25.6 Å². The van der Waals surface area contributed by atoms with E-state index in [0.717, 1.165) is 16.6 Å². The van der Waals surface area contributed by atoms with E-state index < -0.39 is 23.9 Å². The molecule has 10 heteroatoms. The van der Waals surface area contributed by atoms with Gasteiger partial charge in [-0.15, -0.1) is 0 Å². The second kappa shape index (κ2) is 9.01. The maximum atomic E-state index is 13.1. The van der Waals surface area contributed by atoms with E-state index in [4.69, 9.17) is 9.26 Å². The fraction of sp³-hybridized carbons (Fsp3) is 0.238. The highest BCUT2D eigenvalue weighted by Gasteiger charge is 2.31. The lowest BCUT2D eigenvalue weighted by Crippen LogP contribution is -2.29. The molecular weight excluding hydrogens is 481 g/mol. The summed E-state index contributed by atoms with van der Waals surface area (Å²) >= 11 is 3.35. The fourth-order valence-corrected chi connectivity index (χ4v) is 3.66. The number of carbonyl (C=O) groups is 1. The van der Waals surface area contributed by atoms with Crippen molar-refractivity contribution < 1.29 is 32.3 Å². The van der Waals surface area contributed by atoms with Crippen LogP contribution in [-0.4, -0.2) is 23.5 Å². The van der Waals surface area contributed by atoms with Gasteiger partial charge in [-0.1, -0.05) is 39.3 Å². The molecule has 0 fully saturated rings. The number of alkyl halides is 3. The molecule has 3 rings (SSSR count). The van der Waals surface area contributed by atoms with E-state index in [0.29, 0.717) is 28.1 Å². The second-order valence-corrected chi connectivity index (χ2v) is 7.68. The largest absolute Gasteiger partial charge is 0.496 e. The Kier molecular flexibility index (Phi) is 6.59. The van der Waals surface area contributed by atoms with Crippen LogP contribution in [-0.2, 0) is 12.6 Å². The van der Waals surface area contributed by atoms with E-state index in [1.807, 2.05) is 0 Å². The zero-order chi connectivity index (χ0) is 22.8. The van der Waals surface area contributed by atoms with Gasteiger partial charge in [-0.25, -0.2) is 4.79 Å². The third-order valence-electron chi connectivity index (χ3n) is 4.66. The van der Waals surface area contributed by atoms with Crippen molar-refractivity contribution in [3.8, 4) is 17.1 Å². The molecule has 1 aromatic heterocycles. The van der Waals surface area contributed by atoms with Crippen molar-refractivity contribution in [2.24, 2.45) is 0 Å². The maximum Gasteiger partial charge on any atom is 0.416 e. The molecule has 1 heterocycles. The van der Waals surface area contributed by atoms with Gasteiger partial charge in [0.2, 0.25) is 0 Å². The minimum Gasteiger partial charge on any atom is -0.496 e. The number of aromatic nitrogens is 1. The number of hydrogen-bond donors (Lipinski definition) is 2. The number of nitrogens with zero attached hydrogens (tertiary/aromatic N) is 1. The quantitative estimate of drug-likeness (QED) is 0.435. The predicted molar refractivity (Wildman–Crippen MR) is 110 cm³/mol. The summed E-state index contributed by atoms with van der Waals surface area (Å²) in [7, 11) is 1.48. The molecule has 3 aromatic rings. The lowest BCUT2D eigenvalue weighted by Gasteiger charge is -2.19. The van der Waals surface area contributed by atoms with E-state index >= 15 is 0 Å². The molecule has 164 valence electrons. The molecule has 0 unspecified atom stereocenters. The average molecular weight is 499 g/mol. The maximum absolute atomic E-state index is 13.1. The summed E-state index contributed by atoms with van der Waals surface area (Å²) in [5.74, 6) is 0.729. The highest BCUT2D eigenvalue weighted by molar-refractivity contribution is 9.10. The van der Waals surface area contributed by atoms with Gasteiger partial charge >= 0.3 is 12.3 Å². The molecule has 0 saturated carbocycles. The number of rotatable bonds is 6. The van der Waals surface area contributed by atoms with E-state index in [-0.39, 0.29) is 12.2 Å². The van der Waals surface area contributed by atoms with Crippen LogP contribution in [0, 0.1) is 6.92 Å². The first-order chi connectivity index (χ1) is 14.6. The topological polar surface area (TPSA) is 84.6 Å². The number of hydrogen-bond acceptors (Lipinski definition) is 4. The summed E-state index contributed by atoms with van der Waals surface area (Å²) in [6.45, 7) is 1.64. The van der Waals surface area contributed by atoms with Crippen LogP contribution in [0.4, 0.5) is 18.0 Å². The van der Waals surface area contributed by atoms with Gasteiger partial charge in [0.25, 0.3) is 0 Å². The first-order valence-electron chi connectivity index (χ1n) is 9.05. The molecule has 2 N–H and O–H groups in total. The van der Waals surface area contributed by atoms with Crippen LogP contribution in [0.2, 0.25) is 0 Å². The Morgan fingerprint density at radius 3 is 2.68 bits per heavy atom. The number of nitrogens with one attached hydrogen (secondary N) is 1. The summed E-state index contributed by atoms with van der Waals surface area (Å²) in [5, 5.41) is 15.7. The zero-order valence-electron chi connectivity index (χ0n) is 16.5. The lowest BCUT2D eigenvalue weighted by atomic mass is 9.94. The van der Waals surface area contributed by atoms with Gasteiger partial charge in [0.05, 0.1) is 30.0 Å². The van der Waals surface area contributed by atoms with Crippen molar-refractivity contribution in [3.05, 3.63) is 69.3 Å². The Bertz CT molecular complexity index is 1100. The number of carboxylic acid groups (broad SMARTS) is 1. The fourth-order valence-electron chi connectivity index (χ4n) is 3.32. The number of aryl methyl sites for hydroxylation is 1. The van der Waals surface area contributed by atoms with E-state index in [2.05, 4.69) is 26.4 Å². The summed E-state index contributed by atoms with van der Waals surface area (Å²) in [5.41, 5.74) is 0.854. The molecule has 1 atom stereocenters. The molecule has 6 nitrogen and oxygen atoms in total. The SMILES string of the molecule is COc1cc(Br)ccc1-c1onc(C)c1[C@@H](Cc1cccc(C(F)(F)F)c1)NC(=O)O. The third kappa shape index (κ3) is 5.19. The summed E-state index contributed by atoms with van der Waals surface area (Å²) < 4.78 is 50.9. The molecule has 0 spiro atoms. The van der Waals surface area contributed by atoms with Gasteiger partial charge in [-0.3, -0.25) is 0 Å². The van der Waals surface area contributed by atoms with Crippen molar-refractivity contribution in [2.75, 3.05) is 7.11 Å². The normalized spacial score (nSPS) is 12.5. The monoisotopic (exact) mass is 498 g/mol. The molecule has 2 aromatic carbocycles. The molecule has 0 bridgehead atoms. The highest BCUT2D eigenvalue weighted by Crippen LogP contribution is 2.39. The summed E-state index contributed by atoms with van der Waals surface area (Å²) in [4.78, 5) is 11.5. The minimum atomic E-state index is -4.51. The number of ether oxygens (including phenoxy) is 1. The van der Waals surface area contributed by atoms with E-state index in [1.165, 1.54) is 19.2 Å². The van der Waals surface area contributed by atoms with E-state index in [9.17, 15) is 23.1 Å². The van der Waals surface area contributed by atoms with Crippen LogP contribution in [0.5, 0.6) is 5.75 Å². The zero-order valence-corrected chi connectivity index (χ0v) is 18.0. The Balaban J connectivity index is 2.07. The molecule has 0 aliphatic rings. The van der Waals surface area contributed by atoms with Crippen LogP contribution in [0.15, 0.2) is 51.5 Å². The first kappa shape index (κ1) is 22.7. The number of halogens is 4. The Hall–Kier alpha value is -3.01. The van der Waals surface area contributed by atoms with E-state index in [1.54, 1.807) is 25.1 Å². The Labute approximate surface area is 184 Å². The molecular formula is C21H18BrF3N2O4. The average Bonchev–Trinajstić information content (AvgIpc) is 3.07. The number of methoxy groups -OCH3 is 1. The predicted octanol–water partition coefficient (Wildman–Crippen LogP) is 5.99. The van der Waals surface area contributed by atoms with Crippen molar-refractivity contribution >= 4 is 22.0 Å². The summed E-state index contributed by atoms with van der Waals surface area (Å²) in [6, 6.07) is 9.04. The minimum absolute atomic E-state index is 0.0376. The highest BCUT2D eigenvalue weighted by atomic mass is 79.9. The van der Waals surface area contributed by atoms with Gasteiger partial charge in [0, 0.05) is 10.0 Å². The Morgan fingerprint density at radius 2 is 2.03 bits per heavy atom. The number of amides is 1. The van der Waals surface area contributed by atoms with Crippen LogP contribution < -0.4 is 10.1 Å². The smallest absolute Gasteiger partial charge is 0.416 e. The van der Waals surface area contributed by atoms with Crippen molar-refractivity contribution in [3.63, 3.8) is 0 Å². The lowest BCUT2D eigenvalue weighted by molar-refractivity contribution is -0.137. The first-order valence-corrected chi connectivity index (χ1v) is 9.85. The van der Waals surface area contributed by atoms with Gasteiger partial charge in [0.15, 0.2) is 5.76 Å². The molecule has 0 radical (unpaired) electrons. The van der Waals surface area contributed by atoms with Crippen LogP contribution in [0.3, 0.4) is 0 Å². The molecule has 31 heavy (non-hydrogen) atoms. The number of benzene rings is 2. The van der Waals surface area contributed by atoms with Crippen LogP contribution >= 0.6 is 15.9 Å². The third-order valence-corrected chi connectivity index (χ3v) is 5.15. The van der Waals surface area contributed by atoms with Gasteiger partial charge in [0.1, 0.15) is 5.75 Å². The molecule has 0 aliphatic heterocycles. The van der Waals surface area contributed by atoms with Crippen molar-refractivity contribution in [1.29, 1.82) is 0 Å². The standard InChI is InChI=1S/C21H18BrF3N2O4/c1-11-18(19(31-27-11)15-7-6-14(22)10-17(15)30-2)16(26-20(28)29)9-12-4-3-5-13(8-12)21(23,24)25/h3-8,10,16,26H,9H2,1-2H3,(H,28,29)/t16-/m1/s1.